The van der Waals surface area contributed by atoms with Crippen molar-refractivity contribution in [3.8, 4) is 0 Å². The van der Waals surface area contributed by atoms with Gasteiger partial charge in [0, 0.05) is 16.7 Å². The molecule has 0 atom stereocenters. The number of amides is 2. The molecule has 0 saturated carbocycles. The van der Waals surface area contributed by atoms with Crippen molar-refractivity contribution in [2.75, 3.05) is 38.0 Å². The van der Waals surface area contributed by atoms with Gasteiger partial charge in [-0.25, -0.2) is 18.0 Å². The van der Waals surface area contributed by atoms with E-state index in [1.165, 1.54) is 23.1 Å². The van der Waals surface area contributed by atoms with Gasteiger partial charge in [0.05, 0.1) is 29.5 Å². The summed E-state index contributed by atoms with van der Waals surface area (Å²) in [5.74, 6) is -6.49. The Morgan fingerprint density at radius 3 is 2.15 bits per heavy atom. The molecule has 2 amide bonds. The number of hydrogen-bond donors (Lipinski definition) is 3. The van der Waals surface area contributed by atoms with E-state index in [-0.39, 0.29) is 42.8 Å². The third-order valence-electron chi connectivity index (χ3n) is 5.55. The molecule has 2 aromatic carbocycles. The van der Waals surface area contributed by atoms with Gasteiger partial charge in [0.25, 0.3) is 5.91 Å². The number of rotatable bonds is 8. The predicted octanol–water partition coefficient (Wildman–Crippen LogP) is 4.37. The molecular weight excluding hydrogens is 649 g/mol. The summed E-state index contributed by atoms with van der Waals surface area (Å²) >= 11 is 1.93. The zero-order valence-electron chi connectivity index (χ0n) is 20.7. The minimum Gasteiger partial charge on any atom is -0.475 e. The van der Waals surface area contributed by atoms with Gasteiger partial charge < -0.3 is 20.6 Å². The number of anilines is 2. The van der Waals surface area contributed by atoms with E-state index in [2.05, 4.69) is 10.6 Å². The van der Waals surface area contributed by atoms with Gasteiger partial charge in [-0.3, -0.25) is 14.5 Å². The fourth-order valence-electron chi connectivity index (χ4n) is 3.41. The molecule has 3 N–H and O–H groups in total. The van der Waals surface area contributed by atoms with Crippen LogP contribution in [0.4, 0.5) is 37.7 Å². The molecule has 0 unspecified atom stereocenters. The molecule has 0 bridgehead atoms. The van der Waals surface area contributed by atoms with Crippen molar-refractivity contribution in [2.45, 2.75) is 26.1 Å². The number of hydrogen-bond acceptors (Lipinski definition) is 5. The zero-order chi connectivity index (χ0) is 29.5. The van der Waals surface area contributed by atoms with E-state index >= 15 is 0 Å². The molecule has 1 heterocycles. The number of nitrogens with one attached hydrogen (secondary N) is 2. The number of likely N-dealkylation sites (tertiary alicyclic amines) is 1. The summed E-state index contributed by atoms with van der Waals surface area (Å²) in [4.78, 5) is 37.3. The number of carbonyl (C=O) groups excluding carboxylic acids is 2. The van der Waals surface area contributed by atoms with Crippen LogP contribution in [0.3, 0.4) is 0 Å². The van der Waals surface area contributed by atoms with Crippen molar-refractivity contribution in [3.05, 3.63) is 56.9 Å². The van der Waals surface area contributed by atoms with Crippen molar-refractivity contribution in [3.63, 3.8) is 0 Å². The lowest BCUT2D eigenvalue weighted by atomic mass is 10.0. The number of carbonyl (C=O) groups is 3. The summed E-state index contributed by atoms with van der Waals surface area (Å²) in [6, 6.07) is 6.05. The first kappa shape index (κ1) is 32.1. The molecule has 1 saturated heterocycles. The van der Waals surface area contributed by atoms with Crippen LogP contribution in [0.1, 0.15) is 24.2 Å². The maximum absolute atomic E-state index is 14.5. The Morgan fingerprint density at radius 1 is 1.05 bits per heavy atom. The number of likely N-dealkylation sites (N-methyl/N-ethyl adjacent to an activating group) is 1. The van der Waals surface area contributed by atoms with Gasteiger partial charge in [0.1, 0.15) is 5.82 Å². The molecule has 1 aliphatic rings. The second kappa shape index (κ2) is 13.8. The first-order valence-electron chi connectivity index (χ1n) is 11.5. The number of nitrogens with zero attached hydrogens (tertiary/aromatic N) is 2. The van der Waals surface area contributed by atoms with Crippen LogP contribution in [0.15, 0.2) is 30.3 Å². The van der Waals surface area contributed by atoms with Crippen LogP contribution in [0.2, 0.25) is 0 Å². The highest BCUT2D eigenvalue weighted by Gasteiger charge is 2.38. The van der Waals surface area contributed by atoms with E-state index in [0.717, 1.165) is 19.2 Å². The van der Waals surface area contributed by atoms with Gasteiger partial charge in [0.15, 0.2) is 11.6 Å². The summed E-state index contributed by atoms with van der Waals surface area (Å²) < 4.78 is 75.0. The summed E-state index contributed by atoms with van der Waals surface area (Å²) in [5, 5.41) is 12.5. The molecule has 1 fully saturated rings. The molecule has 0 aliphatic carbocycles. The molecule has 15 heteroatoms. The van der Waals surface area contributed by atoms with Gasteiger partial charge >= 0.3 is 12.1 Å². The summed E-state index contributed by atoms with van der Waals surface area (Å²) in [5.41, 5.74) is -0.618. The Kier molecular flexibility index (Phi) is 11.4. The van der Waals surface area contributed by atoms with E-state index in [9.17, 15) is 35.9 Å². The van der Waals surface area contributed by atoms with Gasteiger partial charge in [-0.05, 0) is 66.0 Å². The Bertz CT molecular complexity index is 1200. The maximum Gasteiger partial charge on any atom is 0.490 e. The first-order chi connectivity index (χ1) is 18.2. The van der Waals surface area contributed by atoms with Crippen LogP contribution >= 0.6 is 22.6 Å². The van der Waals surface area contributed by atoms with Crippen molar-refractivity contribution in [1.29, 1.82) is 0 Å². The van der Waals surface area contributed by atoms with Crippen LogP contribution in [-0.2, 0) is 9.59 Å². The van der Waals surface area contributed by atoms with E-state index in [1.54, 1.807) is 6.07 Å². The molecule has 3 rings (SSSR count). The number of halogens is 7. The molecule has 8 nitrogen and oxygen atoms in total. The molecule has 0 spiro atoms. The topological polar surface area (TPSA) is 102 Å². The monoisotopic (exact) mass is 674 g/mol. The van der Waals surface area contributed by atoms with E-state index in [4.69, 9.17) is 9.90 Å². The average Bonchev–Trinajstić information content (AvgIpc) is 2.83. The average molecular weight is 674 g/mol. The SMILES string of the molecule is CCN(CC)CC(=O)NC1CN(C(=O)c2ccc(F)c(F)c2Nc2ccc(I)cc2F)C1.O=C(O)C(F)(F)F. The van der Waals surface area contributed by atoms with Crippen LogP contribution in [0.5, 0.6) is 0 Å². The van der Waals surface area contributed by atoms with Crippen LogP contribution in [0, 0.1) is 21.0 Å². The van der Waals surface area contributed by atoms with Crippen molar-refractivity contribution in [1.82, 2.24) is 15.1 Å². The number of aliphatic carboxylic acids is 1. The molecule has 1 aliphatic heterocycles. The third-order valence-corrected chi connectivity index (χ3v) is 6.23. The number of alkyl halides is 3. The number of benzene rings is 2. The second-order valence-electron chi connectivity index (χ2n) is 8.27. The highest BCUT2D eigenvalue weighted by Crippen LogP contribution is 2.30. The van der Waals surface area contributed by atoms with Crippen LogP contribution in [-0.4, -0.2) is 77.6 Å². The maximum atomic E-state index is 14.5. The zero-order valence-corrected chi connectivity index (χ0v) is 22.9. The largest absolute Gasteiger partial charge is 0.490 e. The van der Waals surface area contributed by atoms with Crippen molar-refractivity contribution >= 4 is 51.7 Å². The fourth-order valence-corrected chi connectivity index (χ4v) is 3.86. The Balaban J connectivity index is 0.000000673. The lowest BCUT2D eigenvalue weighted by molar-refractivity contribution is -0.192. The van der Waals surface area contributed by atoms with Gasteiger partial charge in [-0.1, -0.05) is 13.8 Å². The van der Waals surface area contributed by atoms with E-state index in [0.29, 0.717) is 3.57 Å². The molecule has 39 heavy (non-hydrogen) atoms. The lowest BCUT2D eigenvalue weighted by Gasteiger charge is -2.40. The first-order valence-corrected chi connectivity index (χ1v) is 12.6. The van der Waals surface area contributed by atoms with Crippen LogP contribution < -0.4 is 10.6 Å². The predicted molar refractivity (Wildman–Crippen MR) is 138 cm³/mol. The highest BCUT2D eigenvalue weighted by molar-refractivity contribution is 14.1. The summed E-state index contributed by atoms with van der Waals surface area (Å²) in [7, 11) is 0. The summed E-state index contributed by atoms with van der Waals surface area (Å²) in [6.07, 6.45) is -5.08. The van der Waals surface area contributed by atoms with Gasteiger partial charge in [0.2, 0.25) is 5.91 Å². The molecule has 2 aromatic rings. The minimum atomic E-state index is -5.08. The minimum absolute atomic E-state index is 0.0749. The fraction of sp³-hybridized carbons (Fsp3) is 0.375. The molecule has 0 aromatic heterocycles. The van der Waals surface area contributed by atoms with Gasteiger partial charge in [-0.2, -0.15) is 13.2 Å². The lowest BCUT2D eigenvalue weighted by Crippen LogP contribution is -2.61. The smallest absolute Gasteiger partial charge is 0.475 e. The Morgan fingerprint density at radius 2 is 1.64 bits per heavy atom. The highest BCUT2D eigenvalue weighted by atomic mass is 127. The number of carboxylic acid groups (broad SMARTS) is 1. The normalized spacial score (nSPS) is 13.3. The quantitative estimate of drug-likeness (QED) is 0.284. The Hall–Kier alpha value is -3.08. The molecule has 0 radical (unpaired) electrons. The van der Waals surface area contributed by atoms with E-state index in [1.807, 2.05) is 41.3 Å². The summed E-state index contributed by atoms with van der Waals surface area (Å²) in [6.45, 7) is 6.22. The van der Waals surface area contributed by atoms with Crippen molar-refractivity contribution in [2.24, 2.45) is 0 Å². The van der Waals surface area contributed by atoms with Crippen molar-refractivity contribution < 1.29 is 45.8 Å². The molecule has 214 valence electrons. The second-order valence-corrected chi connectivity index (χ2v) is 9.52. The van der Waals surface area contributed by atoms with E-state index < -0.39 is 41.2 Å². The molecular formula is C24H25F6IN4O4. The number of carboxylic acids is 1. The Labute approximate surface area is 233 Å². The van der Waals surface area contributed by atoms with Gasteiger partial charge in [-0.15, -0.1) is 0 Å². The standard InChI is InChI=1S/C22H24F3IN4O2.C2HF3O2/c1-3-29(4-2)12-19(31)27-14-10-30(11-14)22(32)15-6-7-16(23)20(25)21(15)28-18-8-5-13(26)9-17(18)24;3-2(4,5)1(6)7/h5-9,14,28H,3-4,10-12H2,1-2H3,(H,27,31);(H,6,7). The van der Waals surface area contributed by atoms with Crippen LogP contribution in [0.25, 0.3) is 0 Å². The third kappa shape index (κ3) is 8.98.